The third-order valence-corrected chi connectivity index (χ3v) is 4.84. The predicted octanol–water partition coefficient (Wildman–Crippen LogP) is 4.02. The standard InChI is InChI=1S/C23H23NO6/c1-4-19(24-23(27)28-13-16-8-6-5-7-9-16)22(26)29-17-10-11-18-14(2)15(3)21(25)30-20(18)12-17/h5-12,19H,4,13H2,1-3H3,(H,24,27)/t19-/m0/s1. The van der Waals surface area contributed by atoms with Crippen LogP contribution in [0.4, 0.5) is 4.79 Å². The SMILES string of the molecule is CC[C@H](NC(=O)OCc1ccccc1)C(=O)Oc1ccc2c(C)c(C)c(=O)oc2c1. The zero-order valence-corrected chi connectivity index (χ0v) is 17.1. The van der Waals surface area contributed by atoms with Gasteiger partial charge < -0.3 is 19.2 Å². The zero-order chi connectivity index (χ0) is 21.7. The van der Waals surface area contributed by atoms with Crippen molar-refractivity contribution in [3.63, 3.8) is 0 Å². The summed E-state index contributed by atoms with van der Waals surface area (Å²) in [4.78, 5) is 36.4. The fraction of sp³-hybridized carbons (Fsp3) is 0.261. The Morgan fingerprint density at radius 3 is 2.50 bits per heavy atom. The number of nitrogens with one attached hydrogen (secondary N) is 1. The molecule has 156 valence electrons. The second-order valence-corrected chi connectivity index (χ2v) is 6.89. The minimum atomic E-state index is -0.879. The highest BCUT2D eigenvalue weighted by Crippen LogP contribution is 2.24. The molecule has 0 unspecified atom stereocenters. The van der Waals surface area contributed by atoms with Crippen molar-refractivity contribution in [2.24, 2.45) is 0 Å². The van der Waals surface area contributed by atoms with Gasteiger partial charge in [0.05, 0.1) is 0 Å². The van der Waals surface area contributed by atoms with E-state index in [-0.39, 0.29) is 12.4 Å². The smallest absolute Gasteiger partial charge is 0.408 e. The molecule has 1 N–H and O–H groups in total. The van der Waals surface area contributed by atoms with Gasteiger partial charge in [-0.2, -0.15) is 0 Å². The van der Waals surface area contributed by atoms with Crippen LogP contribution in [-0.4, -0.2) is 18.1 Å². The van der Waals surface area contributed by atoms with Gasteiger partial charge in [0.15, 0.2) is 0 Å². The van der Waals surface area contributed by atoms with Crippen LogP contribution in [0.2, 0.25) is 0 Å². The molecule has 30 heavy (non-hydrogen) atoms. The van der Waals surface area contributed by atoms with E-state index in [2.05, 4.69) is 5.32 Å². The highest BCUT2D eigenvalue weighted by molar-refractivity contribution is 5.85. The van der Waals surface area contributed by atoms with E-state index < -0.39 is 23.7 Å². The van der Waals surface area contributed by atoms with E-state index in [1.165, 1.54) is 6.07 Å². The molecular weight excluding hydrogens is 386 g/mol. The summed E-state index contributed by atoms with van der Waals surface area (Å²) in [5, 5.41) is 3.28. The van der Waals surface area contributed by atoms with Crippen molar-refractivity contribution in [3.05, 3.63) is 75.6 Å². The maximum Gasteiger partial charge on any atom is 0.408 e. The van der Waals surface area contributed by atoms with Gasteiger partial charge in [-0.3, -0.25) is 0 Å². The first-order chi connectivity index (χ1) is 14.4. The zero-order valence-electron chi connectivity index (χ0n) is 17.1. The Bertz CT molecular complexity index is 1120. The third kappa shape index (κ3) is 4.86. The summed E-state index contributed by atoms with van der Waals surface area (Å²) < 4.78 is 15.8. The van der Waals surface area contributed by atoms with Crippen LogP contribution in [0, 0.1) is 13.8 Å². The van der Waals surface area contributed by atoms with Crippen LogP contribution >= 0.6 is 0 Å². The average molecular weight is 409 g/mol. The molecule has 1 heterocycles. The number of hydrogen-bond donors (Lipinski definition) is 1. The fourth-order valence-electron chi connectivity index (χ4n) is 2.91. The van der Waals surface area contributed by atoms with Gasteiger partial charge >= 0.3 is 17.7 Å². The number of alkyl carbamates (subject to hydrolysis) is 1. The number of fused-ring (bicyclic) bond motifs is 1. The molecule has 0 saturated heterocycles. The molecule has 0 radical (unpaired) electrons. The molecule has 3 aromatic rings. The largest absolute Gasteiger partial charge is 0.445 e. The molecule has 1 amide bonds. The second kappa shape index (κ2) is 9.26. The topological polar surface area (TPSA) is 94.8 Å². The predicted molar refractivity (Wildman–Crippen MR) is 111 cm³/mol. The quantitative estimate of drug-likeness (QED) is 0.375. The summed E-state index contributed by atoms with van der Waals surface area (Å²) in [5.41, 5.74) is 2.09. The summed E-state index contributed by atoms with van der Waals surface area (Å²) in [7, 11) is 0. The minimum Gasteiger partial charge on any atom is -0.445 e. The lowest BCUT2D eigenvalue weighted by molar-refractivity contribution is -0.136. The maximum absolute atomic E-state index is 12.5. The van der Waals surface area contributed by atoms with Crippen LogP contribution in [0.25, 0.3) is 11.0 Å². The summed E-state index contributed by atoms with van der Waals surface area (Å²) in [6.45, 7) is 5.37. The molecule has 2 aromatic carbocycles. The second-order valence-electron chi connectivity index (χ2n) is 6.89. The van der Waals surface area contributed by atoms with Crippen molar-refractivity contribution >= 4 is 23.0 Å². The van der Waals surface area contributed by atoms with Gasteiger partial charge in [0.2, 0.25) is 0 Å². The van der Waals surface area contributed by atoms with E-state index in [1.54, 1.807) is 26.0 Å². The Morgan fingerprint density at radius 1 is 1.07 bits per heavy atom. The number of amides is 1. The first kappa shape index (κ1) is 21.1. The monoisotopic (exact) mass is 409 g/mol. The van der Waals surface area contributed by atoms with Gasteiger partial charge in [-0.15, -0.1) is 0 Å². The van der Waals surface area contributed by atoms with Crippen LogP contribution in [0.15, 0.2) is 57.7 Å². The lowest BCUT2D eigenvalue weighted by Crippen LogP contribution is -2.42. The Hall–Kier alpha value is -3.61. The summed E-state index contributed by atoms with van der Waals surface area (Å²) in [6, 6.07) is 13.2. The van der Waals surface area contributed by atoms with Gasteiger partial charge in [0.25, 0.3) is 0 Å². The van der Waals surface area contributed by atoms with Crippen LogP contribution in [-0.2, 0) is 16.1 Å². The van der Waals surface area contributed by atoms with E-state index in [1.807, 2.05) is 37.3 Å². The summed E-state index contributed by atoms with van der Waals surface area (Å²) >= 11 is 0. The van der Waals surface area contributed by atoms with Gasteiger partial charge in [-0.1, -0.05) is 37.3 Å². The number of carbonyl (C=O) groups excluding carboxylic acids is 2. The molecule has 3 rings (SSSR count). The molecule has 0 aliphatic heterocycles. The molecule has 0 saturated carbocycles. The van der Waals surface area contributed by atoms with Crippen LogP contribution in [0.5, 0.6) is 5.75 Å². The van der Waals surface area contributed by atoms with Crippen molar-refractivity contribution < 1.29 is 23.5 Å². The van der Waals surface area contributed by atoms with Crippen molar-refractivity contribution in [2.75, 3.05) is 0 Å². The Kier molecular flexibility index (Phi) is 6.51. The molecular formula is C23H23NO6. The minimum absolute atomic E-state index is 0.0978. The van der Waals surface area contributed by atoms with Crippen LogP contribution < -0.4 is 15.7 Å². The average Bonchev–Trinajstić information content (AvgIpc) is 2.75. The molecule has 0 fully saturated rings. The molecule has 1 atom stereocenters. The van der Waals surface area contributed by atoms with E-state index in [0.717, 1.165) is 16.5 Å². The molecule has 0 bridgehead atoms. The van der Waals surface area contributed by atoms with E-state index in [9.17, 15) is 14.4 Å². The van der Waals surface area contributed by atoms with Gasteiger partial charge in [0.1, 0.15) is 24.0 Å². The Balaban J connectivity index is 1.65. The number of esters is 1. The lowest BCUT2D eigenvalue weighted by Gasteiger charge is -2.16. The fourth-order valence-corrected chi connectivity index (χ4v) is 2.91. The summed E-state index contributed by atoms with van der Waals surface area (Å²) in [5.74, 6) is -0.420. The molecule has 0 aliphatic rings. The van der Waals surface area contributed by atoms with Gasteiger partial charge in [-0.25, -0.2) is 14.4 Å². The Labute approximate surface area is 173 Å². The van der Waals surface area contributed by atoms with Gasteiger partial charge in [-0.05, 0) is 43.5 Å². The molecule has 7 heteroatoms. The molecule has 0 aliphatic carbocycles. The van der Waals surface area contributed by atoms with E-state index in [0.29, 0.717) is 17.6 Å². The van der Waals surface area contributed by atoms with Crippen molar-refractivity contribution in [2.45, 2.75) is 39.8 Å². The van der Waals surface area contributed by atoms with Crippen molar-refractivity contribution in [1.82, 2.24) is 5.32 Å². The number of benzene rings is 2. The van der Waals surface area contributed by atoms with E-state index >= 15 is 0 Å². The van der Waals surface area contributed by atoms with E-state index in [4.69, 9.17) is 13.9 Å². The third-order valence-electron chi connectivity index (χ3n) is 4.84. The van der Waals surface area contributed by atoms with Crippen molar-refractivity contribution in [1.29, 1.82) is 0 Å². The first-order valence-corrected chi connectivity index (χ1v) is 9.62. The normalized spacial score (nSPS) is 11.7. The molecule has 0 spiro atoms. The van der Waals surface area contributed by atoms with Crippen LogP contribution in [0.1, 0.15) is 30.0 Å². The number of carbonyl (C=O) groups is 2. The van der Waals surface area contributed by atoms with Crippen LogP contribution in [0.3, 0.4) is 0 Å². The maximum atomic E-state index is 12.5. The van der Waals surface area contributed by atoms with Crippen molar-refractivity contribution in [3.8, 4) is 5.75 Å². The summed E-state index contributed by atoms with van der Waals surface area (Å²) in [6.07, 6.45) is -0.390. The number of hydrogen-bond acceptors (Lipinski definition) is 6. The first-order valence-electron chi connectivity index (χ1n) is 9.62. The Morgan fingerprint density at radius 2 is 1.80 bits per heavy atom. The lowest BCUT2D eigenvalue weighted by atomic mass is 10.1. The number of ether oxygens (including phenoxy) is 2. The number of aryl methyl sites for hydroxylation is 1. The highest BCUT2D eigenvalue weighted by Gasteiger charge is 2.22. The molecule has 1 aromatic heterocycles. The van der Waals surface area contributed by atoms with Gasteiger partial charge in [0, 0.05) is 17.0 Å². The number of rotatable bonds is 6. The molecule has 7 nitrogen and oxygen atoms in total. The highest BCUT2D eigenvalue weighted by atomic mass is 16.6.